The number of hydrogen-bond acceptors (Lipinski definition) is 4. The Kier molecular flexibility index (Phi) is 2.51. The van der Waals surface area contributed by atoms with Crippen LogP contribution in [-0.2, 0) is 0 Å². The zero-order valence-corrected chi connectivity index (χ0v) is 14.1. The molecule has 0 saturated heterocycles. The zero-order valence-electron chi connectivity index (χ0n) is 12.5. The average Bonchev–Trinajstić information content (AvgIpc) is 3.19. The third-order valence-corrected chi connectivity index (χ3v) is 8.30. The molecule has 4 atom stereocenters. The molecule has 0 bridgehead atoms. The highest BCUT2D eigenvalue weighted by atomic mass is 32.1. The first-order valence-electron chi connectivity index (χ1n) is 7.82. The lowest BCUT2D eigenvalue weighted by Gasteiger charge is -2.33. The Morgan fingerprint density at radius 1 is 0.773 bits per heavy atom. The zero-order chi connectivity index (χ0) is 15.2. The minimum Gasteiger partial charge on any atom is -0.294 e. The summed E-state index contributed by atoms with van der Waals surface area (Å²) in [6, 6.07) is 0. The number of fused-ring (bicyclic) bond motifs is 6. The van der Waals surface area contributed by atoms with Crippen molar-refractivity contribution in [3.8, 4) is 0 Å². The van der Waals surface area contributed by atoms with E-state index in [2.05, 4.69) is 10.8 Å². The third kappa shape index (κ3) is 1.41. The van der Waals surface area contributed by atoms with Crippen molar-refractivity contribution in [3.63, 3.8) is 0 Å². The first kappa shape index (κ1) is 13.2. The highest BCUT2D eigenvalue weighted by Crippen LogP contribution is 2.59. The summed E-state index contributed by atoms with van der Waals surface area (Å²) in [6.07, 6.45) is 1.74. The largest absolute Gasteiger partial charge is 0.294 e. The molecule has 22 heavy (non-hydrogen) atoms. The smallest absolute Gasteiger partial charge is 0.168 e. The Balaban J connectivity index is 1.60. The van der Waals surface area contributed by atoms with Crippen molar-refractivity contribution in [1.82, 2.24) is 0 Å². The number of carbonyl (C=O) groups is 2. The Labute approximate surface area is 137 Å². The van der Waals surface area contributed by atoms with Gasteiger partial charge in [0.15, 0.2) is 11.6 Å². The van der Waals surface area contributed by atoms with Gasteiger partial charge in [-0.25, -0.2) is 0 Å². The van der Waals surface area contributed by atoms with Gasteiger partial charge in [-0.1, -0.05) is 0 Å². The van der Waals surface area contributed by atoms with Gasteiger partial charge in [0.1, 0.15) is 0 Å². The monoisotopic (exact) mass is 328 g/mol. The normalized spacial score (nSPS) is 31.9. The summed E-state index contributed by atoms with van der Waals surface area (Å²) in [5.41, 5.74) is 4.22. The second-order valence-electron chi connectivity index (χ2n) is 6.94. The van der Waals surface area contributed by atoms with Crippen LogP contribution in [0.1, 0.15) is 66.3 Å². The molecule has 5 rings (SSSR count). The summed E-state index contributed by atoms with van der Waals surface area (Å²) in [5, 5.41) is 4.20. The van der Waals surface area contributed by atoms with E-state index in [0.29, 0.717) is 23.4 Å². The molecule has 0 amide bonds. The standard InChI is InChI=1S/C18H16O2S2/c1-7-5-21-17-11-4-10-12(3-9(11)15(19)13(7)17)18-14(16(10)20)8(2)6-22-18/h5-6,9-12H,3-4H2,1-2H3. The van der Waals surface area contributed by atoms with Gasteiger partial charge in [0.05, 0.1) is 0 Å². The van der Waals surface area contributed by atoms with Crippen molar-refractivity contribution in [3.05, 3.63) is 42.8 Å². The first-order valence-corrected chi connectivity index (χ1v) is 9.58. The highest BCUT2D eigenvalue weighted by Gasteiger charge is 2.53. The molecule has 0 aromatic carbocycles. The lowest BCUT2D eigenvalue weighted by molar-refractivity contribution is 0.0789. The second-order valence-corrected chi connectivity index (χ2v) is 8.76. The molecule has 0 N–H and O–H groups in total. The van der Waals surface area contributed by atoms with Crippen LogP contribution in [-0.4, -0.2) is 11.6 Å². The van der Waals surface area contributed by atoms with Crippen LogP contribution < -0.4 is 0 Å². The summed E-state index contributed by atoms with van der Waals surface area (Å²) in [4.78, 5) is 28.2. The van der Waals surface area contributed by atoms with Crippen LogP contribution >= 0.6 is 22.7 Å². The van der Waals surface area contributed by atoms with E-state index in [9.17, 15) is 9.59 Å². The van der Waals surface area contributed by atoms with Gasteiger partial charge in [0.25, 0.3) is 0 Å². The molecule has 2 aromatic rings. The van der Waals surface area contributed by atoms with E-state index in [1.165, 1.54) is 9.75 Å². The van der Waals surface area contributed by atoms with E-state index in [0.717, 1.165) is 35.1 Å². The van der Waals surface area contributed by atoms with E-state index >= 15 is 0 Å². The summed E-state index contributed by atoms with van der Waals surface area (Å²) < 4.78 is 0. The van der Waals surface area contributed by atoms with Crippen LogP contribution in [0.4, 0.5) is 0 Å². The molecular formula is C18H16O2S2. The van der Waals surface area contributed by atoms with Crippen molar-refractivity contribution in [2.75, 3.05) is 0 Å². The summed E-state index contributed by atoms with van der Waals surface area (Å²) in [7, 11) is 0. The molecule has 3 aliphatic carbocycles. The fourth-order valence-corrected chi connectivity index (χ4v) is 7.31. The number of aryl methyl sites for hydroxylation is 2. The maximum Gasteiger partial charge on any atom is 0.168 e. The highest BCUT2D eigenvalue weighted by molar-refractivity contribution is 7.11. The Hall–Kier alpha value is -1.26. The van der Waals surface area contributed by atoms with Crippen molar-refractivity contribution in [2.45, 2.75) is 38.5 Å². The van der Waals surface area contributed by atoms with Crippen LogP contribution in [0.15, 0.2) is 10.8 Å². The topological polar surface area (TPSA) is 34.1 Å². The molecule has 2 heterocycles. The van der Waals surface area contributed by atoms with Crippen molar-refractivity contribution in [2.24, 2.45) is 11.8 Å². The van der Waals surface area contributed by atoms with Crippen molar-refractivity contribution >= 4 is 34.2 Å². The number of hydrogen-bond donors (Lipinski definition) is 0. The van der Waals surface area contributed by atoms with Crippen molar-refractivity contribution in [1.29, 1.82) is 0 Å². The van der Waals surface area contributed by atoms with Gasteiger partial charge in [-0.3, -0.25) is 9.59 Å². The van der Waals surface area contributed by atoms with E-state index < -0.39 is 0 Å². The Bertz CT molecular complexity index is 771. The molecule has 2 aromatic heterocycles. The summed E-state index contributed by atoms with van der Waals surface area (Å²) >= 11 is 3.45. The predicted molar refractivity (Wildman–Crippen MR) is 88.5 cm³/mol. The van der Waals surface area contributed by atoms with Gasteiger partial charge in [-0.05, 0) is 48.6 Å². The SMILES string of the molecule is Cc1csc2c1C(=O)C1CC3c4scc(C)c4C(=O)C3CC21. The summed E-state index contributed by atoms with van der Waals surface area (Å²) in [5.74, 6) is 1.49. The molecule has 112 valence electrons. The molecule has 1 saturated carbocycles. The number of rotatable bonds is 0. The lowest BCUT2D eigenvalue weighted by Crippen LogP contribution is -2.29. The molecule has 0 aliphatic heterocycles. The number of thiophene rings is 2. The van der Waals surface area contributed by atoms with Gasteiger partial charge in [-0.15, -0.1) is 22.7 Å². The minimum atomic E-state index is 0.114. The van der Waals surface area contributed by atoms with Crippen molar-refractivity contribution < 1.29 is 9.59 Å². The molecule has 2 nitrogen and oxygen atoms in total. The van der Waals surface area contributed by atoms with Crippen LogP contribution in [0, 0.1) is 25.7 Å². The van der Waals surface area contributed by atoms with Gasteiger partial charge in [-0.2, -0.15) is 0 Å². The van der Waals surface area contributed by atoms with Gasteiger partial charge in [0.2, 0.25) is 0 Å². The number of Topliss-reactive ketones (excluding diaryl/α,β-unsaturated/α-hetero) is 2. The van der Waals surface area contributed by atoms with Crippen LogP contribution in [0.25, 0.3) is 0 Å². The van der Waals surface area contributed by atoms with E-state index in [1.54, 1.807) is 22.7 Å². The fraction of sp³-hybridized carbons (Fsp3) is 0.444. The molecule has 3 aliphatic rings. The van der Waals surface area contributed by atoms with Gasteiger partial charge < -0.3 is 0 Å². The maximum atomic E-state index is 12.8. The predicted octanol–water partition coefficient (Wildman–Crippen LogP) is 4.71. The Morgan fingerprint density at radius 3 is 1.59 bits per heavy atom. The number of ketones is 2. The van der Waals surface area contributed by atoms with Crippen LogP contribution in [0.2, 0.25) is 0 Å². The average molecular weight is 328 g/mol. The fourth-order valence-electron chi connectivity index (χ4n) is 4.84. The van der Waals surface area contributed by atoms with Crippen LogP contribution in [0.5, 0.6) is 0 Å². The van der Waals surface area contributed by atoms with Gasteiger partial charge >= 0.3 is 0 Å². The minimum absolute atomic E-state index is 0.114. The molecule has 0 spiro atoms. The molecule has 1 fully saturated rings. The molecular weight excluding hydrogens is 312 g/mol. The maximum absolute atomic E-state index is 12.8. The summed E-state index contributed by atoms with van der Waals surface area (Å²) in [6.45, 7) is 4.08. The number of carbonyl (C=O) groups excluding carboxylic acids is 2. The molecule has 4 heteroatoms. The lowest BCUT2D eigenvalue weighted by atomic mass is 9.70. The quantitative estimate of drug-likeness (QED) is 0.701. The van der Waals surface area contributed by atoms with E-state index in [-0.39, 0.29) is 11.8 Å². The molecule has 0 radical (unpaired) electrons. The van der Waals surface area contributed by atoms with E-state index in [4.69, 9.17) is 0 Å². The second kappa shape index (κ2) is 4.18. The van der Waals surface area contributed by atoms with E-state index in [1.807, 2.05) is 13.8 Å². The van der Waals surface area contributed by atoms with Crippen LogP contribution in [0.3, 0.4) is 0 Å². The first-order chi connectivity index (χ1) is 10.6. The molecule has 4 unspecified atom stereocenters. The third-order valence-electron chi connectivity index (χ3n) is 5.83. The Morgan fingerprint density at radius 2 is 1.18 bits per heavy atom. The van der Waals surface area contributed by atoms with Gasteiger partial charge in [0, 0.05) is 44.6 Å².